The number of aryl methyl sites for hydroxylation is 1. The topological polar surface area (TPSA) is 65.0 Å². The Morgan fingerprint density at radius 1 is 1.10 bits per heavy atom. The summed E-state index contributed by atoms with van der Waals surface area (Å²) in [4.78, 5) is 17.0. The van der Waals surface area contributed by atoms with Crippen LogP contribution in [0.4, 0.5) is 4.79 Å². The van der Waals surface area contributed by atoms with Crippen LogP contribution in [0.5, 0.6) is 0 Å². The number of aliphatic hydroxyl groups excluding tert-OH is 1. The molecule has 0 spiro atoms. The lowest BCUT2D eigenvalue weighted by Gasteiger charge is -2.35. The van der Waals surface area contributed by atoms with Gasteiger partial charge in [-0.05, 0) is 24.5 Å². The van der Waals surface area contributed by atoms with Crippen molar-refractivity contribution in [3.05, 3.63) is 71.3 Å². The van der Waals surface area contributed by atoms with Gasteiger partial charge in [0.2, 0.25) is 0 Å². The summed E-state index contributed by atoms with van der Waals surface area (Å²) in [5, 5.41) is 12.5. The Labute approximate surface area is 179 Å². The van der Waals surface area contributed by atoms with Crippen molar-refractivity contribution >= 4 is 6.03 Å². The fourth-order valence-corrected chi connectivity index (χ4v) is 3.78. The predicted molar refractivity (Wildman–Crippen MR) is 119 cm³/mol. The first-order valence-electron chi connectivity index (χ1n) is 10.7. The van der Waals surface area contributed by atoms with E-state index < -0.39 is 0 Å². The highest BCUT2D eigenvalue weighted by Gasteiger charge is 2.24. The zero-order chi connectivity index (χ0) is 21.2. The summed E-state index contributed by atoms with van der Waals surface area (Å²) in [5.74, 6) is 0. The molecule has 0 aromatic heterocycles. The maximum atomic E-state index is 12.9. The van der Waals surface area contributed by atoms with Gasteiger partial charge in [-0.1, -0.05) is 60.2 Å². The quantitative estimate of drug-likeness (QED) is 0.666. The lowest BCUT2D eigenvalue weighted by molar-refractivity contribution is 0.0164. The van der Waals surface area contributed by atoms with Gasteiger partial charge in [-0.25, -0.2) is 4.79 Å². The van der Waals surface area contributed by atoms with E-state index in [-0.39, 0.29) is 18.7 Å². The maximum absolute atomic E-state index is 12.9. The molecule has 0 saturated carbocycles. The van der Waals surface area contributed by atoms with Crippen molar-refractivity contribution in [1.29, 1.82) is 0 Å². The van der Waals surface area contributed by atoms with Crippen molar-refractivity contribution in [2.24, 2.45) is 0 Å². The normalized spacial score (nSPS) is 15.5. The van der Waals surface area contributed by atoms with Gasteiger partial charge in [0.1, 0.15) is 0 Å². The molecule has 1 atom stereocenters. The second-order valence-corrected chi connectivity index (χ2v) is 7.71. The largest absolute Gasteiger partial charge is 0.395 e. The minimum atomic E-state index is -0.134. The minimum absolute atomic E-state index is 0.0485. The van der Waals surface area contributed by atoms with E-state index >= 15 is 0 Å². The number of morpholine rings is 1. The molecule has 1 aliphatic rings. The molecule has 2 aromatic carbocycles. The average Bonchev–Trinajstić information content (AvgIpc) is 2.79. The van der Waals surface area contributed by atoms with Gasteiger partial charge in [0.25, 0.3) is 0 Å². The van der Waals surface area contributed by atoms with Gasteiger partial charge in [0.15, 0.2) is 0 Å². The number of nitrogens with one attached hydrogen (secondary N) is 1. The van der Waals surface area contributed by atoms with Crippen LogP contribution in [0.2, 0.25) is 0 Å². The van der Waals surface area contributed by atoms with Crippen molar-refractivity contribution in [3.8, 4) is 0 Å². The summed E-state index contributed by atoms with van der Waals surface area (Å²) in [5.41, 5.74) is 3.60. The van der Waals surface area contributed by atoms with Crippen LogP contribution in [-0.2, 0) is 11.2 Å². The van der Waals surface area contributed by atoms with E-state index in [1.165, 1.54) is 16.7 Å². The molecule has 1 heterocycles. The van der Waals surface area contributed by atoms with Gasteiger partial charge >= 0.3 is 6.03 Å². The number of hydrogen-bond donors (Lipinski definition) is 2. The highest BCUT2D eigenvalue weighted by Crippen LogP contribution is 2.22. The Morgan fingerprint density at radius 3 is 2.47 bits per heavy atom. The van der Waals surface area contributed by atoms with Gasteiger partial charge in [-0.15, -0.1) is 0 Å². The number of urea groups is 1. The number of ether oxygens (including phenoxy) is 1. The molecule has 1 fully saturated rings. The number of aliphatic hydroxyl groups is 1. The van der Waals surface area contributed by atoms with Crippen molar-refractivity contribution in [2.75, 3.05) is 52.5 Å². The Morgan fingerprint density at radius 2 is 1.80 bits per heavy atom. The number of benzene rings is 2. The number of nitrogens with zero attached hydrogens (tertiary/aromatic N) is 2. The van der Waals surface area contributed by atoms with E-state index in [1.807, 2.05) is 18.2 Å². The van der Waals surface area contributed by atoms with Crippen LogP contribution >= 0.6 is 0 Å². The zero-order valence-corrected chi connectivity index (χ0v) is 17.8. The Balaban J connectivity index is 1.62. The molecule has 0 aliphatic carbocycles. The van der Waals surface area contributed by atoms with Gasteiger partial charge in [0, 0.05) is 32.7 Å². The van der Waals surface area contributed by atoms with E-state index in [9.17, 15) is 9.90 Å². The number of rotatable bonds is 9. The lowest BCUT2D eigenvalue weighted by atomic mass is 10.0. The molecule has 3 rings (SSSR count). The Kier molecular flexibility index (Phi) is 8.68. The van der Waals surface area contributed by atoms with E-state index in [4.69, 9.17) is 4.74 Å². The molecule has 6 heteroatoms. The number of carbonyl (C=O) groups is 1. The molecule has 0 bridgehead atoms. The summed E-state index contributed by atoms with van der Waals surface area (Å²) in [6.07, 6.45) is 0.763. The van der Waals surface area contributed by atoms with Crippen molar-refractivity contribution in [2.45, 2.75) is 19.4 Å². The lowest BCUT2D eigenvalue weighted by Crippen LogP contribution is -2.47. The molecule has 2 amide bonds. The molecule has 2 aromatic rings. The molecule has 0 radical (unpaired) electrons. The van der Waals surface area contributed by atoms with Crippen molar-refractivity contribution in [1.82, 2.24) is 15.1 Å². The fraction of sp³-hybridized carbons (Fsp3) is 0.458. The fourth-order valence-electron chi connectivity index (χ4n) is 3.78. The first-order chi connectivity index (χ1) is 14.7. The second kappa shape index (κ2) is 11.7. The average molecular weight is 412 g/mol. The third-order valence-electron chi connectivity index (χ3n) is 5.57. The standard InChI is InChI=1S/C24H33N3O3/c1-20-7-9-22(10-8-20)23(26-14-17-30-18-15-26)19-25-24(29)27(13-16-28)12-11-21-5-3-2-4-6-21/h2-10,23,28H,11-19H2,1H3,(H,25,29). The molecular formula is C24H33N3O3. The van der Waals surface area contributed by atoms with Gasteiger partial charge in [-0.3, -0.25) is 4.90 Å². The van der Waals surface area contributed by atoms with E-state index in [0.717, 1.165) is 19.5 Å². The van der Waals surface area contributed by atoms with Gasteiger partial charge in [-0.2, -0.15) is 0 Å². The second-order valence-electron chi connectivity index (χ2n) is 7.71. The summed E-state index contributed by atoms with van der Waals surface area (Å²) in [7, 11) is 0. The van der Waals surface area contributed by atoms with Crippen LogP contribution in [0.1, 0.15) is 22.7 Å². The van der Waals surface area contributed by atoms with Crippen LogP contribution in [0.25, 0.3) is 0 Å². The number of hydrogen-bond acceptors (Lipinski definition) is 4. The molecule has 1 saturated heterocycles. The van der Waals surface area contributed by atoms with E-state index in [2.05, 4.69) is 53.5 Å². The molecule has 2 N–H and O–H groups in total. The van der Waals surface area contributed by atoms with Crippen LogP contribution in [0, 0.1) is 6.92 Å². The first-order valence-corrected chi connectivity index (χ1v) is 10.7. The minimum Gasteiger partial charge on any atom is -0.395 e. The molecular weight excluding hydrogens is 378 g/mol. The molecule has 30 heavy (non-hydrogen) atoms. The SMILES string of the molecule is Cc1ccc(C(CNC(=O)N(CCO)CCc2ccccc2)N2CCOCC2)cc1. The van der Waals surface area contributed by atoms with Crippen LogP contribution in [0.15, 0.2) is 54.6 Å². The first kappa shape index (κ1) is 22.3. The summed E-state index contributed by atoms with van der Waals surface area (Å²) >= 11 is 0. The molecule has 162 valence electrons. The smallest absolute Gasteiger partial charge is 0.317 e. The van der Waals surface area contributed by atoms with E-state index in [0.29, 0.717) is 32.8 Å². The van der Waals surface area contributed by atoms with Gasteiger partial charge < -0.3 is 20.1 Å². The Bertz CT molecular complexity index is 761. The summed E-state index contributed by atoms with van der Waals surface area (Å²) in [6.45, 7) is 6.57. The monoisotopic (exact) mass is 411 g/mol. The van der Waals surface area contributed by atoms with Crippen LogP contribution in [0.3, 0.4) is 0 Å². The van der Waals surface area contributed by atoms with Crippen LogP contribution < -0.4 is 5.32 Å². The molecule has 6 nitrogen and oxygen atoms in total. The predicted octanol–water partition coefficient (Wildman–Crippen LogP) is 2.61. The Hall–Kier alpha value is -2.41. The highest BCUT2D eigenvalue weighted by molar-refractivity contribution is 5.74. The summed E-state index contributed by atoms with van der Waals surface area (Å²) in [6, 6.07) is 18.6. The van der Waals surface area contributed by atoms with Crippen molar-refractivity contribution < 1.29 is 14.6 Å². The molecule has 1 unspecified atom stereocenters. The summed E-state index contributed by atoms with van der Waals surface area (Å²) < 4.78 is 5.51. The zero-order valence-electron chi connectivity index (χ0n) is 17.8. The maximum Gasteiger partial charge on any atom is 0.317 e. The van der Waals surface area contributed by atoms with Crippen LogP contribution in [-0.4, -0.2) is 73.5 Å². The number of carbonyl (C=O) groups excluding carboxylic acids is 1. The van der Waals surface area contributed by atoms with Crippen molar-refractivity contribution in [3.63, 3.8) is 0 Å². The molecule has 1 aliphatic heterocycles. The third kappa shape index (κ3) is 6.55. The number of amides is 2. The highest BCUT2D eigenvalue weighted by atomic mass is 16.5. The third-order valence-corrected chi connectivity index (χ3v) is 5.57. The van der Waals surface area contributed by atoms with E-state index in [1.54, 1.807) is 4.90 Å². The van der Waals surface area contributed by atoms with Gasteiger partial charge in [0.05, 0.1) is 25.9 Å².